The van der Waals surface area contributed by atoms with Crippen LogP contribution in [0.25, 0.3) is 0 Å². The van der Waals surface area contributed by atoms with Crippen LogP contribution in [0.5, 0.6) is 5.75 Å². The molecule has 4 aliphatic rings. The van der Waals surface area contributed by atoms with Crippen molar-refractivity contribution in [2.45, 2.75) is 33.7 Å². The zero-order valence-corrected chi connectivity index (χ0v) is 28.6. The molecule has 264 valence electrons. The minimum atomic E-state index is -4.76. The summed E-state index contributed by atoms with van der Waals surface area (Å²) in [5, 5.41) is 8.24. The molecule has 3 heterocycles. The third kappa shape index (κ3) is 5.66. The lowest BCUT2D eigenvalue weighted by atomic mass is 9.68. The first-order chi connectivity index (χ1) is 24.2. The number of aromatic nitrogens is 1. The Morgan fingerprint density at radius 2 is 1.63 bits per heavy atom. The molecule has 7 atom stereocenters. The molecule has 3 aromatic carbocycles. The predicted octanol–water partition coefficient (Wildman–Crippen LogP) is 4.80. The molecule has 0 radical (unpaired) electrons. The average Bonchev–Trinajstić information content (AvgIpc) is 3.82. The number of fused-ring (bicyclic) bond motifs is 9. The number of thioether (sulfide) groups is 1. The number of carbonyl (C=O) groups excluding carboxylic acids is 3. The number of primary sulfonamides is 1. The molecular weight excluding hydrogens is 730 g/mol. The summed E-state index contributed by atoms with van der Waals surface area (Å²) in [6, 6.07) is 17.0. The standard InChI is InChI=1S/C34H27F3N4O7S3/c35-34(36,37)21-3-1-2-4-22(21)41-31(43)26-19-13-20(27(26)32(41)44)28-25(19)24(29-30(49-28)40-33(45)50-29)15-5-9-17(10-6-15)48-14-23(42)39-16-7-11-18(12-8-16)51(38,46)47/h1-12,19-20,24-28H,13-14H2,(H,39,42)(H,40,45)(H2,38,46,47)/t19?,20?,24-,25?,26?,27?,28?/m1/s1. The van der Waals surface area contributed by atoms with Crippen LogP contribution in [0.15, 0.2) is 87.5 Å². The molecule has 8 rings (SSSR count). The van der Waals surface area contributed by atoms with Crippen molar-refractivity contribution in [1.29, 1.82) is 0 Å². The Morgan fingerprint density at radius 1 is 0.961 bits per heavy atom. The van der Waals surface area contributed by atoms with E-state index in [1.807, 2.05) is 12.1 Å². The molecule has 1 saturated heterocycles. The smallest absolute Gasteiger partial charge is 0.418 e. The molecule has 4 N–H and O–H groups in total. The molecule has 17 heteroatoms. The van der Waals surface area contributed by atoms with Gasteiger partial charge < -0.3 is 15.0 Å². The van der Waals surface area contributed by atoms with Gasteiger partial charge in [-0.05, 0) is 78.3 Å². The molecule has 11 nitrogen and oxygen atoms in total. The Balaban J connectivity index is 1.03. The number of anilines is 2. The van der Waals surface area contributed by atoms with Gasteiger partial charge >= 0.3 is 11.0 Å². The van der Waals surface area contributed by atoms with Crippen LogP contribution in [-0.4, -0.2) is 43.0 Å². The number of carbonyl (C=O) groups is 3. The molecule has 2 aliphatic heterocycles. The van der Waals surface area contributed by atoms with Crippen LogP contribution in [0.2, 0.25) is 0 Å². The Labute approximate surface area is 296 Å². The van der Waals surface area contributed by atoms with E-state index in [-0.39, 0.29) is 45.3 Å². The molecule has 0 spiro atoms. The van der Waals surface area contributed by atoms with Gasteiger partial charge in [-0.2, -0.15) is 13.2 Å². The fourth-order valence-corrected chi connectivity index (χ4v) is 11.8. The highest BCUT2D eigenvalue weighted by molar-refractivity contribution is 8.00. The lowest BCUT2D eigenvalue weighted by Gasteiger charge is -2.43. The normalized spacial score (nSPS) is 26.5. The maximum atomic E-state index is 14.0. The maximum Gasteiger partial charge on any atom is 0.418 e. The number of H-pyrrole nitrogens is 1. The largest absolute Gasteiger partial charge is 0.484 e. The SMILES string of the molecule is NS(=O)(=O)c1ccc(NC(=O)COc2ccc([C@H]3c4sc(=O)[nH]c4SC4C5CC(C6C(=O)N(c7ccccc7C(F)(F)F)C(=O)C56)C43)cc2)cc1. The van der Waals surface area contributed by atoms with Crippen molar-refractivity contribution in [3.63, 3.8) is 0 Å². The lowest BCUT2D eigenvalue weighted by molar-refractivity contribution is -0.137. The number of halogens is 3. The Hall–Kier alpha value is -4.45. The van der Waals surface area contributed by atoms with Crippen molar-refractivity contribution in [1.82, 2.24) is 4.98 Å². The molecule has 2 aliphatic carbocycles. The van der Waals surface area contributed by atoms with E-state index in [4.69, 9.17) is 9.88 Å². The summed E-state index contributed by atoms with van der Waals surface area (Å²) in [6.07, 6.45) is -4.19. The number of ether oxygens (including phenoxy) is 1. The first kappa shape index (κ1) is 33.7. The van der Waals surface area contributed by atoms with Gasteiger partial charge in [-0.3, -0.25) is 19.2 Å². The summed E-state index contributed by atoms with van der Waals surface area (Å²) < 4.78 is 70.5. The van der Waals surface area contributed by atoms with Gasteiger partial charge in [0.05, 0.1) is 33.0 Å². The zero-order chi connectivity index (χ0) is 36.0. The van der Waals surface area contributed by atoms with Crippen molar-refractivity contribution in [2.24, 2.45) is 34.7 Å². The maximum absolute atomic E-state index is 14.0. The number of nitrogens with two attached hydrogens (primary N) is 1. The minimum Gasteiger partial charge on any atom is -0.484 e. The number of thiazole rings is 1. The quantitative estimate of drug-likeness (QED) is 0.226. The number of hydrogen-bond donors (Lipinski definition) is 3. The van der Waals surface area contributed by atoms with E-state index >= 15 is 0 Å². The average molecular weight is 757 g/mol. The number of nitrogens with zero attached hydrogens (tertiary/aromatic N) is 1. The van der Waals surface area contributed by atoms with Crippen molar-refractivity contribution < 1.29 is 40.7 Å². The van der Waals surface area contributed by atoms with Crippen LogP contribution in [0.4, 0.5) is 24.5 Å². The summed E-state index contributed by atoms with van der Waals surface area (Å²) in [7, 11) is -3.88. The number of rotatable bonds is 7. The third-order valence-electron chi connectivity index (χ3n) is 10.3. The number of sulfonamides is 1. The second kappa shape index (κ2) is 12.1. The summed E-state index contributed by atoms with van der Waals surface area (Å²) in [5.41, 5.74) is -0.315. The second-order valence-corrected chi connectivity index (χ2v) is 16.7. The molecule has 3 amide bonds. The van der Waals surface area contributed by atoms with E-state index in [1.54, 1.807) is 12.1 Å². The number of aromatic amines is 1. The van der Waals surface area contributed by atoms with Crippen LogP contribution in [0.3, 0.4) is 0 Å². The van der Waals surface area contributed by atoms with Crippen LogP contribution >= 0.6 is 23.1 Å². The van der Waals surface area contributed by atoms with Gasteiger partial charge in [-0.15, -0.1) is 11.8 Å². The van der Waals surface area contributed by atoms with E-state index in [9.17, 15) is 40.8 Å². The number of benzene rings is 3. The minimum absolute atomic E-state index is 0.0963. The molecule has 1 aromatic heterocycles. The first-order valence-electron chi connectivity index (χ1n) is 15.8. The van der Waals surface area contributed by atoms with E-state index in [2.05, 4.69) is 10.3 Å². The summed E-state index contributed by atoms with van der Waals surface area (Å²) >= 11 is 2.55. The second-order valence-electron chi connectivity index (χ2n) is 13.0. The molecule has 3 fully saturated rings. The van der Waals surface area contributed by atoms with E-state index in [1.165, 1.54) is 48.2 Å². The third-order valence-corrected chi connectivity index (χ3v) is 13.8. The van der Waals surface area contributed by atoms with Crippen LogP contribution in [-0.2, 0) is 30.6 Å². The number of amides is 3. The predicted molar refractivity (Wildman–Crippen MR) is 181 cm³/mol. The number of hydrogen-bond acceptors (Lipinski definition) is 9. The highest BCUT2D eigenvalue weighted by Crippen LogP contribution is 2.69. The fourth-order valence-electron chi connectivity index (χ4n) is 8.38. The Morgan fingerprint density at radius 3 is 2.29 bits per heavy atom. The zero-order valence-electron chi connectivity index (χ0n) is 26.1. The van der Waals surface area contributed by atoms with Crippen LogP contribution in [0, 0.1) is 29.6 Å². The summed E-state index contributed by atoms with van der Waals surface area (Å²) in [5.74, 6) is -3.94. The van der Waals surface area contributed by atoms with Crippen molar-refractivity contribution >= 4 is 62.2 Å². The van der Waals surface area contributed by atoms with Gasteiger partial charge in [0.25, 0.3) is 5.91 Å². The van der Waals surface area contributed by atoms with Crippen molar-refractivity contribution in [3.05, 3.63) is 98.5 Å². The number of nitrogens with one attached hydrogen (secondary N) is 2. The lowest BCUT2D eigenvalue weighted by Crippen LogP contribution is -2.42. The van der Waals surface area contributed by atoms with Gasteiger partial charge in [0, 0.05) is 21.7 Å². The Bertz CT molecular complexity index is 2260. The van der Waals surface area contributed by atoms with Crippen LogP contribution in [0.1, 0.15) is 28.3 Å². The van der Waals surface area contributed by atoms with E-state index in [0.717, 1.165) is 38.8 Å². The monoisotopic (exact) mass is 756 g/mol. The number of imide groups is 1. The molecule has 4 aromatic rings. The van der Waals surface area contributed by atoms with Gasteiger partial charge in [0.15, 0.2) is 6.61 Å². The number of alkyl halides is 3. The first-order valence-corrected chi connectivity index (χ1v) is 19.0. The molecule has 51 heavy (non-hydrogen) atoms. The van der Waals surface area contributed by atoms with E-state index in [0.29, 0.717) is 22.9 Å². The van der Waals surface area contributed by atoms with Crippen molar-refractivity contribution in [2.75, 3.05) is 16.8 Å². The van der Waals surface area contributed by atoms with Crippen molar-refractivity contribution in [3.8, 4) is 5.75 Å². The summed E-state index contributed by atoms with van der Waals surface area (Å²) in [6.45, 7) is -0.346. The van der Waals surface area contributed by atoms with Gasteiger partial charge in [0.2, 0.25) is 21.8 Å². The van der Waals surface area contributed by atoms with Gasteiger partial charge in [-0.25, -0.2) is 18.5 Å². The highest BCUT2D eigenvalue weighted by atomic mass is 32.2. The topological polar surface area (TPSA) is 169 Å². The molecule has 6 unspecified atom stereocenters. The van der Waals surface area contributed by atoms with Crippen LogP contribution < -0.4 is 25.0 Å². The number of para-hydroxylation sites is 1. The molecule has 2 bridgehead atoms. The highest BCUT2D eigenvalue weighted by Gasteiger charge is 2.70. The fraction of sp³-hybridized carbons (Fsp3) is 0.294. The molecule has 2 saturated carbocycles. The molecular formula is C34H27F3N4O7S3. The van der Waals surface area contributed by atoms with E-state index < -0.39 is 57.0 Å². The summed E-state index contributed by atoms with van der Waals surface area (Å²) in [4.78, 5) is 57.1. The van der Waals surface area contributed by atoms with Gasteiger partial charge in [0.1, 0.15) is 5.75 Å². The van der Waals surface area contributed by atoms with Gasteiger partial charge in [-0.1, -0.05) is 35.6 Å². The Kier molecular flexibility index (Phi) is 7.97.